The molecule has 1 aromatic carbocycles. The summed E-state index contributed by atoms with van der Waals surface area (Å²) in [6, 6.07) is 1.83. The maximum absolute atomic E-state index is 14.0. The highest BCUT2D eigenvalue weighted by Crippen LogP contribution is 2.29. The molecule has 1 heterocycles. The number of halogens is 6. The quantitative estimate of drug-likeness (QED) is 0.611. The molecule has 1 aromatic heterocycles. The number of rotatable bonds is 4. The Labute approximate surface area is 135 Å². The van der Waals surface area contributed by atoms with E-state index in [0.29, 0.717) is 17.9 Å². The summed E-state index contributed by atoms with van der Waals surface area (Å²) in [7, 11) is 0. The minimum atomic E-state index is -4.82. The van der Waals surface area contributed by atoms with Crippen LogP contribution in [0.2, 0.25) is 0 Å². The average Bonchev–Trinajstić information content (AvgIpc) is 2.85. The highest BCUT2D eigenvalue weighted by Gasteiger charge is 2.36. The minimum absolute atomic E-state index is 0.114. The molecule has 0 fully saturated rings. The van der Waals surface area contributed by atoms with Crippen LogP contribution in [0.15, 0.2) is 23.4 Å². The van der Waals surface area contributed by atoms with Crippen LogP contribution < -0.4 is 0 Å². The maximum Gasteiger partial charge on any atom is 0.453 e. The number of hydrogen-bond donors (Lipinski definition) is 0. The smallest absolute Gasteiger partial charge is 0.453 e. The number of aryl methyl sites for hydroxylation is 1. The summed E-state index contributed by atoms with van der Waals surface area (Å²) in [5.74, 6) is -6.65. The van der Waals surface area contributed by atoms with E-state index in [-0.39, 0.29) is 10.5 Å². The molecule has 2 rings (SSSR count). The van der Waals surface area contributed by atoms with E-state index >= 15 is 0 Å². The Bertz CT molecular complexity index is 740. The second kappa shape index (κ2) is 6.28. The van der Waals surface area contributed by atoms with E-state index in [0.717, 1.165) is 12.1 Å². The molecule has 0 radical (unpaired) electrons. The van der Waals surface area contributed by atoms with E-state index in [1.54, 1.807) is 0 Å². The number of nitrogens with zero attached hydrogens (tertiary/aromatic N) is 3. The third kappa shape index (κ3) is 4.20. The number of benzene rings is 1. The first-order chi connectivity index (χ1) is 10.9. The van der Waals surface area contributed by atoms with Gasteiger partial charge >= 0.3 is 6.18 Å². The second-order valence-electron chi connectivity index (χ2n) is 5.14. The first-order valence-electron chi connectivity index (χ1n) is 6.44. The zero-order chi connectivity index (χ0) is 18.3. The maximum atomic E-state index is 14.0. The van der Waals surface area contributed by atoms with Gasteiger partial charge in [0.1, 0.15) is 17.8 Å². The molecule has 0 amide bonds. The molecule has 0 saturated heterocycles. The standard InChI is InChI=1S/C13H11F6N3OS/c1-7-3-8(14)9(4-10(7)24(23)5-12(2,15)16)22-6-20-11(21-22)13(17,18)19/h3-4,6H,5H2,1-2H3/t24-/m1/s1. The molecule has 4 nitrogen and oxygen atoms in total. The predicted octanol–water partition coefficient (Wildman–Crippen LogP) is 3.50. The van der Waals surface area contributed by atoms with E-state index in [9.17, 15) is 30.9 Å². The molecular formula is C13H11F6N3OS. The molecule has 2 aromatic rings. The fourth-order valence-electron chi connectivity index (χ4n) is 1.88. The van der Waals surface area contributed by atoms with Crippen molar-refractivity contribution in [3.63, 3.8) is 0 Å². The highest BCUT2D eigenvalue weighted by molar-refractivity contribution is 7.91. The molecule has 1 atom stereocenters. The third-order valence-electron chi connectivity index (χ3n) is 2.87. The second-order valence-corrected chi connectivity index (χ2v) is 6.56. The number of aromatic nitrogens is 3. The monoisotopic (exact) mass is 371 g/mol. The SMILES string of the molecule is Cc1cc(F)c(-n2cnc(C(F)(F)F)n2)cc1[S@+]([O-])CC(C)(F)F. The van der Waals surface area contributed by atoms with Gasteiger partial charge in [-0.05, 0) is 24.2 Å². The molecule has 0 aliphatic rings. The van der Waals surface area contributed by atoms with Crippen molar-refractivity contribution >= 4 is 11.2 Å². The molecule has 11 heteroatoms. The van der Waals surface area contributed by atoms with Crippen LogP contribution in [0.4, 0.5) is 26.3 Å². The topological polar surface area (TPSA) is 53.8 Å². The van der Waals surface area contributed by atoms with Crippen molar-refractivity contribution in [2.75, 3.05) is 5.75 Å². The van der Waals surface area contributed by atoms with E-state index in [2.05, 4.69) is 10.1 Å². The van der Waals surface area contributed by atoms with E-state index in [1.165, 1.54) is 6.92 Å². The fourth-order valence-corrected chi connectivity index (χ4v) is 3.16. The summed E-state index contributed by atoms with van der Waals surface area (Å²) < 4.78 is 90.1. The molecular weight excluding hydrogens is 360 g/mol. The Kier molecular flexibility index (Phi) is 4.86. The van der Waals surface area contributed by atoms with Crippen LogP contribution in [0.25, 0.3) is 5.69 Å². The first kappa shape index (κ1) is 18.6. The molecule has 0 spiro atoms. The zero-order valence-corrected chi connectivity index (χ0v) is 13.2. The Hall–Kier alpha value is -1.75. The Morgan fingerprint density at radius 3 is 2.33 bits per heavy atom. The lowest BCUT2D eigenvalue weighted by molar-refractivity contribution is -0.144. The number of alkyl halides is 5. The summed E-state index contributed by atoms with van der Waals surface area (Å²) in [6.45, 7) is 1.94. The van der Waals surface area contributed by atoms with Gasteiger partial charge in [0.2, 0.25) is 0 Å². The summed E-state index contributed by atoms with van der Waals surface area (Å²) >= 11 is -2.17. The molecule has 0 saturated carbocycles. The lowest BCUT2D eigenvalue weighted by Gasteiger charge is -2.17. The molecule has 0 aliphatic carbocycles. The van der Waals surface area contributed by atoms with Gasteiger partial charge in [0.25, 0.3) is 11.7 Å². The Morgan fingerprint density at radius 2 is 1.83 bits per heavy atom. The average molecular weight is 371 g/mol. The van der Waals surface area contributed by atoms with Crippen LogP contribution >= 0.6 is 0 Å². The van der Waals surface area contributed by atoms with E-state index in [1.807, 2.05) is 0 Å². The summed E-state index contributed by atoms with van der Waals surface area (Å²) in [5.41, 5.74) is -0.332. The van der Waals surface area contributed by atoms with Crippen molar-refractivity contribution in [2.24, 2.45) is 0 Å². The van der Waals surface area contributed by atoms with Crippen LogP contribution in [0.5, 0.6) is 0 Å². The molecule has 24 heavy (non-hydrogen) atoms. The van der Waals surface area contributed by atoms with Crippen molar-refractivity contribution in [2.45, 2.75) is 30.8 Å². The number of hydrogen-bond acceptors (Lipinski definition) is 3. The molecule has 0 bridgehead atoms. The van der Waals surface area contributed by atoms with Crippen LogP contribution in [-0.2, 0) is 17.4 Å². The van der Waals surface area contributed by atoms with Gasteiger partial charge in [-0.1, -0.05) is 0 Å². The normalized spacial score (nSPS) is 14.0. The van der Waals surface area contributed by atoms with Crippen LogP contribution in [0.3, 0.4) is 0 Å². The van der Waals surface area contributed by atoms with Crippen molar-refractivity contribution in [3.05, 3.63) is 35.7 Å². The van der Waals surface area contributed by atoms with Crippen LogP contribution in [0.1, 0.15) is 18.3 Å². The summed E-state index contributed by atoms with van der Waals surface area (Å²) in [4.78, 5) is 2.91. The lowest BCUT2D eigenvalue weighted by atomic mass is 10.2. The lowest BCUT2D eigenvalue weighted by Crippen LogP contribution is -2.25. The van der Waals surface area contributed by atoms with Gasteiger partial charge in [0.15, 0.2) is 10.6 Å². The summed E-state index contributed by atoms with van der Waals surface area (Å²) in [6.07, 6.45) is -4.18. The molecule has 0 aliphatic heterocycles. The van der Waals surface area contributed by atoms with Gasteiger partial charge < -0.3 is 4.55 Å². The summed E-state index contributed by atoms with van der Waals surface area (Å²) in [5, 5.41) is 3.11. The van der Waals surface area contributed by atoms with Crippen molar-refractivity contribution in [1.29, 1.82) is 0 Å². The molecule has 0 N–H and O–H groups in total. The Morgan fingerprint density at radius 1 is 1.21 bits per heavy atom. The molecule has 0 unspecified atom stereocenters. The van der Waals surface area contributed by atoms with Gasteiger partial charge in [-0.25, -0.2) is 22.8 Å². The van der Waals surface area contributed by atoms with Crippen molar-refractivity contribution < 1.29 is 30.9 Å². The van der Waals surface area contributed by atoms with Crippen molar-refractivity contribution in [3.8, 4) is 5.69 Å². The molecule has 132 valence electrons. The van der Waals surface area contributed by atoms with Crippen LogP contribution in [-0.4, -0.2) is 31.0 Å². The van der Waals surface area contributed by atoms with Gasteiger partial charge in [-0.3, -0.25) is 0 Å². The third-order valence-corrected chi connectivity index (χ3v) is 4.57. The highest BCUT2D eigenvalue weighted by atomic mass is 32.2. The predicted molar refractivity (Wildman–Crippen MR) is 73.0 cm³/mol. The Balaban J connectivity index is 2.45. The van der Waals surface area contributed by atoms with E-state index < -0.39 is 46.4 Å². The largest absolute Gasteiger partial charge is 0.611 e. The van der Waals surface area contributed by atoms with Crippen LogP contribution in [0, 0.1) is 12.7 Å². The van der Waals surface area contributed by atoms with Gasteiger partial charge in [0, 0.05) is 18.6 Å². The van der Waals surface area contributed by atoms with Gasteiger partial charge in [0.05, 0.1) is 0 Å². The van der Waals surface area contributed by atoms with Gasteiger partial charge in [-0.15, -0.1) is 5.10 Å². The minimum Gasteiger partial charge on any atom is -0.611 e. The van der Waals surface area contributed by atoms with Crippen molar-refractivity contribution in [1.82, 2.24) is 14.8 Å². The first-order valence-corrected chi connectivity index (χ1v) is 7.76. The van der Waals surface area contributed by atoms with Gasteiger partial charge in [-0.2, -0.15) is 13.2 Å². The van der Waals surface area contributed by atoms with E-state index in [4.69, 9.17) is 0 Å². The zero-order valence-electron chi connectivity index (χ0n) is 12.4. The fraction of sp³-hybridized carbons (Fsp3) is 0.385.